The lowest BCUT2D eigenvalue weighted by Crippen LogP contribution is -2.17. The number of rotatable bonds is 1. The van der Waals surface area contributed by atoms with E-state index in [0.29, 0.717) is 0 Å². The molecule has 2 aromatic rings. The van der Waals surface area contributed by atoms with Gasteiger partial charge in [-0.15, -0.1) is 0 Å². The molecule has 1 heterocycles. The van der Waals surface area contributed by atoms with E-state index >= 15 is 0 Å². The van der Waals surface area contributed by atoms with Crippen molar-refractivity contribution >= 4 is 0 Å². The predicted molar refractivity (Wildman–Crippen MR) is 61.4 cm³/mol. The molecule has 0 aliphatic carbocycles. The van der Waals surface area contributed by atoms with Crippen molar-refractivity contribution in [3.05, 3.63) is 51.4 Å². The van der Waals surface area contributed by atoms with Gasteiger partial charge in [-0.2, -0.15) is 39.5 Å². The number of H-pyrrole nitrogens is 1. The van der Waals surface area contributed by atoms with Crippen LogP contribution < -0.4 is 5.56 Å². The molecule has 0 amide bonds. The van der Waals surface area contributed by atoms with Crippen LogP contribution in [-0.2, 0) is 18.5 Å². The van der Waals surface area contributed by atoms with E-state index in [-0.39, 0.29) is 28.9 Å². The molecule has 24 heavy (non-hydrogen) atoms. The van der Waals surface area contributed by atoms with Gasteiger partial charge in [0.2, 0.25) is 0 Å². The minimum atomic E-state index is -5.20. The summed E-state index contributed by atoms with van der Waals surface area (Å²) >= 11 is 0. The van der Waals surface area contributed by atoms with Crippen molar-refractivity contribution in [2.45, 2.75) is 18.5 Å². The van der Waals surface area contributed by atoms with Gasteiger partial charge in [-0.25, -0.2) is 4.68 Å². The Kier molecular flexibility index (Phi) is 3.97. The van der Waals surface area contributed by atoms with Gasteiger partial charge in [0.1, 0.15) is 5.69 Å². The summed E-state index contributed by atoms with van der Waals surface area (Å²) < 4.78 is 114. The zero-order chi connectivity index (χ0) is 18.5. The monoisotopic (exact) mass is 364 g/mol. The van der Waals surface area contributed by atoms with E-state index in [0.717, 1.165) is 0 Å². The summed E-state index contributed by atoms with van der Waals surface area (Å²) in [6, 6.07) is 0.0796. The molecule has 3 nitrogen and oxygen atoms in total. The first kappa shape index (κ1) is 17.9. The van der Waals surface area contributed by atoms with Gasteiger partial charge in [0.25, 0.3) is 5.56 Å². The first-order chi connectivity index (χ1) is 10.7. The molecule has 1 N–H and O–H groups in total. The smallest absolute Gasteiger partial charge is 0.286 e. The van der Waals surface area contributed by atoms with Gasteiger partial charge in [-0.05, 0) is 18.2 Å². The number of nitrogens with one attached hydrogen (secondary N) is 1. The zero-order valence-electron chi connectivity index (χ0n) is 11.1. The summed E-state index contributed by atoms with van der Waals surface area (Å²) in [4.78, 5) is 11.5. The molecule has 0 saturated carbocycles. The Balaban J connectivity index is 2.71. The SMILES string of the molecule is O=c1cc(C(F)(F)F)[nH]n1-c1cc(C(F)(F)F)cc(C(F)(F)F)c1. The Labute approximate surface area is 126 Å². The second-order valence-corrected chi connectivity index (χ2v) is 4.61. The predicted octanol–water partition coefficient (Wildman–Crippen LogP) is 4.22. The number of halogens is 9. The number of nitrogens with zero attached hydrogens (tertiary/aromatic N) is 1. The van der Waals surface area contributed by atoms with E-state index in [1.165, 1.54) is 5.10 Å². The van der Waals surface area contributed by atoms with Gasteiger partial charge >= 0.3 is 18.5 Å². The average molecular weight is 364 g/mol. The van der Waals surface area contributed by atoms with Crippen LogP contribution >= 0.6 is 0 Å². The average Bonchev–Trinajstić information content (AvgIpc) is 2.78. The van der Waals surface area contributed by atoms with Crippen molar-refractivity contribution in [1.29, 1.82) is 0 Å². The standard InChI is InChI=1S/C12H5F9N2O/c13-10(14,15)5-1-6(11(16,17)18)3-7(2-5)23-9(24)4-8(22-23)12(19,20)21/h1-4,22H. The summed E-state index contributed by atoms with van der Waals surface area (Å²) in [7, 11) is 0. The van der Waals surface area contributed by atoms with Crippen LogP contribution in [0.3, 0.4) is 0 Å². The normalized spacial score (nSPS) is 13.4. The molecule has 0 radical (unpaired) electrons. The molecule has 0 bridgehead atoms. The van der Waals surface area contributed by atoms with Crippen molar-refractivity contribution in [2.24, 2.45) is 0 Å². The number of hydrogen-bond acceptors (Lipinski definition) is 1. The van der Waals surface area contributed by atoms with Gasteiger partial charge in [-0.1, -0.05) is 0 Å². The quantitative estimate of drug-likeness (QED) is 0.756. The Morgan fingerprint density at radius 2 is 1.17 bits per heavy atom. The number of alkyl halides is 9. The van der Waals surface area contributed by atoms with E-state index in [1.54, 1.807) is 0 Å². The van der Waals surface area contributed by atoms with Gasteiger partial charge in [-0.3, -0.25) is 9.89 Å². The third kappa shape index (κ3) is 3.57. The summed E-state index contributed by atoms with van der Waals surface area (Å²) in [5.41, 5.74) is -7.63. The Morgan fingerprint density at radius 1 is 0.708 bits per heavy atom. The van der Waals surface area contributed by atoms with Gasteiger partial charge in [0.05, 0.1) is 16.8 Å². The minimum absolute atomic E-state index is 0.0214. The van der Waals surface area contributed by atoms with Crippen LogP contribution in [0.4, 0.5) is 39.5 Å². The highest BCUT2D eigenvalue weighted by Gasteiger charge is 2.38. The minimum Gasteiger partial charge on any atom is -0.286 e. The summed E-state index contributed by atoms with van der Waals surface area (Å²) in [5.74, 6) is 0. The molecule has 12 heteroatoms. The van der Waals surface area contributed by atoms with Crippen molar-refractivity contribution in [2.75, 3.05) is 0 Å². The molecule has 1 aromatic carbocycles. The molecule has 2 rings (SSSR count). The molecule has 1 aromatic heterocycles. The number of aromatic nitrogens is 2. The van der Waals surface area contributed by atoms with Crippen molar-refractivity contribution in [3.63, 3.8) is 0 Å². The highest BCUT2D eigenvalue weighted by atomic mass is 19.4. The molecule has 0 atom stereocenters. The largest absolute Gasteiger partial charge is 0.432 e. The third-order valence-electron chi connectivity index (χ3n) is 2.86. The third-order valence-corrected chi connectivity index (χ3v) is 2.86. The van der Waals surface area contributed by atoms with Gasteiger partial charge in [0, 0.05) is 6.07 Å². The Bertz CT molecular complexity index is 775. The van der Waals surface area contributed by atoms with Crippen LogP contribution in [0.5, 0.6) is 0 Å². The second kappa shape index (κ2) is 5.31. The lowest BCUT2D eigenvalue weighted by molar-refractivity contribution is -0.143. The van der Waals surface area contributed by atoms with Gasteiger partial charge < -0.3 is 0 Å². The fourth-order valence-corrected chi connectivity index (χ4v) is 1.80. The summed E-state index contributed by atoms with van der Waals surface area (Å²) in [5, 5.41) is 1.44. The lowest BCUT2D eigenvalue weighted by atomic mass is 10.1. The highest BCUT2D eigenvalue weighted by molar-refractivity contribution is 5.42. The van der Waals surface area contributed by atoms with E-state index in [2.05, 4.69) is 0 Å². The first-order valence-corrected chi connectivity index (χ1v) is 5.89. The topological polar surface area (TPSA) is 37.8 Å². The molecule has 0 aliphatic heterocycles. The van der Waals surface area contributed by atoms with Crippen LogP contribution in [0.1, 0.15) is 16.8 Å². The van der Waals surface area contributed by atoms with E-state index in [9.17, 15) is 44.3 Å². The fourth-order valence-electron chi connectivity index (χ4n) is 1.80. The van der Waals surface area contributed by atoms with Crippen LogP contribution in [-0.4, -0.2) is 9.78 Å². The molecule has 132 valence electrons. The van der Waals surface area contributed by atoms with Crippen molar-refractivity contribution < 1.29 is 39.5 Å². The molecule has 0 fully saturated rings. The maximum absolute atomic E-state index is 12.7. The van der Waals surface area contributed by atoms with E-state index in [1.807, 2.05) is 0 Å². The Morgan fingerprint density at radius 3 is 1.50 bits per heavy atom. The van der Waals surface area contributed by atoms with Crippen LogP contribution in [0.25, 0.3) is 5.69 Å². The van der Waals surface area contributed by atoms with Crippen LogP contribution in [0.2, 0.25) is 0 Å². The molecule has 0 aliphatic rings. The summed E-state index contributed by atoms with van der Waals surface area (Å²) in [6.45, 7) is 0. The van der Waals surface area contributed by atoms with Crippen molar-refractivity contribution in [1.82, 2.24) is 9.78 Å². The number of benzene rings is 1. The van der Waals surface area contributed by atoms with Gasteiger partial charge in [0.15, 0.2) is 0 Å². The first-order valence-electron chi connectivity index (χ1n) is 5.89. The molecule has 0 saturated heterocycles. The zero-order valence-corrected chi connectivity index (χ0v) is 11.1. The highest BCUT2D eigenvalue weighted by Crippen LogP contribution is 2.37. The fraction of sp³-hybridized carbons (Fsp3) is 0.250. The Hall–Kier alpha value is -2.40. The van der Waals surface area contributed by atoms with Crippen LogP contribution in [0, 0.1) is 0 Å². The van der Waals surface area contributed by atoms with E-state index < -0.39 is 46.6 Å². The lowest BCUT2D eigenvalue weighted by Gasteiger charge is -2.14. The summed E-state index contributed by atoms with van der Waals surface area (Å²) in [6.07, 6.45) is -15.4. The molecular weight excluding hydrogens is 359 g/mol. The maximum atomic E-state index is 12.7. The second-order valence-electron chi connectivity index (χ2n) is 4.61. The molecular formula is C12H5F9N2O. The van der Waals surface area contributed by atoms with Crippen molar-refractivity contribution in [3.8, 4) is 5.69 Å². The number of aromatic amines is 1. The van der Waals surface area contributed by atoms with E-state index in [4.69, 9.17) is 0 Å². The number of hydrogen-bond donors (Lipinski definition) is 1. The maximum Gasteiger partial charge on any atom is 0.432 e. The molecule has 0 spiro atoms. The molecule has 0 unspecified atom stereocenters. The van der Waals surface area contributed by atoms with Crippen LogP contribution in [0.15, 0.2) is 29.1 Å².